The number of anilines is 2. The van der Waals surface area contributed by atoms with Crippen molar-refractivity contribution in [3.63, 3.8) is 0 Å². The fourth-order valence-corrected chi connectivity index (χ4v) is 4.65. The van der Waals surface area contributed by atoms with Gasteiger partial charge in [0.05, 0.1) is 11.6 Å². The lowest BCUT2D eigenvalue weighted by molar-refractivity contribution is -0.0526. The Morgan fingerprint density at radius 1 is 1.18 bits per heavy atom. The minimum absolute atomic E-state index is 0.0542. The predicted octanol–water partition coefficient (Wildman–Crippen LogP) is 2.25. The van der Waals surface area contributed by atoms with E-state index in [1.165, 1.54) is 22.8 Å². The van der Waals surface area contributed by atoms with Gasteiger partial charge in [-0.25, -0.2) is 19.4 Å². The number of ether oxygens (including phenoxy) is 1. The first-order chi connectivity index (χ1) is 18.5. The van der Waals surface area contributed by atoms with Crippen molar-refractivity contribution in [3.05, 3.63) is 42.4 Å². The highest BCUT2D eigenvalue weighted by atomic mass is 16.6. The summed E-state index contributed by atoms with van der Waals surface area (Å²) in [5.74, 6) is 0.280. The number of carbonyl (C=O) groups is 1. The van der Waals surface area contributed by atoms with E-state index in [9.17, 15) is 15.0 Å². The van der Waals surface area contributed by atoms with Crippen LogP contribution in [0, 0.1) is 0 Å². The van der Waals surface area contributed by atoms with Crippen molar-refractivity contribution in [1.29, 1.82) is 0 Å². The Labute approximate surface area is 228 Å². The summed E-state index contributed by atoms with van der Waals surface area (Å²) in [5.41, 5.74) is 8.32. The van der Waals surface area contributed by atoms with Crippen LogP contribution in [0.25, 0.3) is 11.0 Å². The Hall–Kier alpha value is -3.32. The van der Waals surface area contributed by atoms with Crippen LogP contribution in [0.4, 0.5) is 16.3 Å². The molecule has 212 valence electrons. The molecule has 6 N–H and O–H groups in total. The highest BCUT2D eigenvalue weighted by molar-refractivity contribution is 5.89. The predicted molar refractivity (Wildman–Crippen MR) is 149 cm³/mol. The molecule has 2 amide bonds. The lowest BCUT2D eigenvalue weighted by Gasteiger charge is -2.30. The Morgan fingerprint density at radius 3 is 2.56 bits per heavy atom. The molecule has 12 heteroatoms. The SMILES string of the molecule is CC(C)N(CCCNC(=O)Nc1ccc(C(C)(C)C)cc1)C[C@H]1O[C@@H](n2ncc3c(N)ncnc32)C(O)[C@@H]1O. The molecular weight excluding hydrogens is 500 g/mol. The highest BCUT2D eigenvalue weighted by Crippen LogP contribution is 2.32. The van der Waals surface area contributed by atoms with E-state index in [-0.39, 0.29) is 23.3 Å². The first kappa shape index (κ1) is 28.7. The van der Waals surface area contributed by atoms with E-state index in [0.29, 0.717) is 37.1 Å². The summed E-state index contributed by atoms with van der Waals surface area (Å²) in [7, 11) is 0. The maximum Gasteiger partial charge on any atom is 0.319 e. The number of nitrogens with zero attached hydrogens (tertiary/aromatic N) is 5. The Balaban J connectivity index is 1.27. The van der Waals surface area contributed by atoms with E-state index in [0.717, 1.165) is 5.69 Å². The molecule has 1 aromatic carbocycles. The van der Waals surface area contributed by atoms with Gasteiger partial charge in [0.1, 0.15) is 30.5 Å². The number of fused-ring (bicyclic) bond motifs is 1. The monoisotopic (exact) mass is 540 g/mol. The number of nitrogen functional groups attached to an aromatic ring is 1. The van der Waals surface area contributed by atoms with Gasteiger partial charge in [0.15, 0.2) is 11.9 Å². The van der Waals surface area contributed by atoms with Crippen molar-refractivity contribution < 1.29 is 19.7 Å². The third kappa shape index (κ3) is 6.64. The summed E-state index contributed by atoms with van der Waals surface area (Å²) in [6.07, 6.45) is -0.308. The normalized spacial score (nSPS) is 21.7. The molecule has 1 aliphatic heterocycles. The van der Waals surface area contributed by atoms with Crippen LogP contribution in [0.15, 0.2) is 36.8 Å². The zero-order chi connectivity index (χ0) is 28.3. The largest absolute Gasteiger partial charge is 0.387 e. The van der Waals surface area contributed by atoms with E-state index >= 15 is 0 Å². The molecule has 1 fully saturated rings. The van der Waals surface area contributed by atoms with Crippen molar-refractivity contribution in [2.45, 2.75) is 77.0 Å². The molecule has 0 bridgehead atoms. The summed E-state index contributed by atoms with van der Waals surface area (Å²) >= 11 is 0. The number of urea groups is 1. The molecule has 2 aromatic heterocycles. The Morgan fingerprint density at radius 2 is 1.90 bits per heavy atom. The van der Waals surface area contributed by atoms with Crippen LogP contribution in [0.5, 0.6) is 0 Å². The zero-order valence-electron chi connectivity index (χ0n) is 23.2. The molecule has 1 unspecified atom stereocenters. The molecule has 39 heavy (non-hydrogen) atoms. The van der Waals surface area contributed by atoms with Gasteiger partial charge >= 0.3 is 6.03 Å². The summed E-state index contributed by atoms with van der Waals surface area (Å²) in [6, 6.07) is 7.76. The number of nitrogens with two attached hydrogens (primary N) is 1. The Kier molecular flexibility index (Phi) is 8.70. The minimum atomic E-state index is -1.19. The average molecular weight is 541 g/mol. The van der Waals surface area contributed by atoms with Crippen LogP contribution in [-0.4, -0.2) is 84.9 Å². The zero-order valence-corrected chi connectivity index (χ0v) is 23.2. The summed E-state index contributed by atoms with van der Waals surface area (Å²) in [6.45, 7) is 12.1. The van der Waals surface area contributed by atoms with E-state index in [1.807, 2.05) is 24.3 Å². The van der Waals surface area contributed by atoms with Crippen molar-refractivity contribution in [2.75, 3.05) is 30.7 Å². The van der Waals surface area contributed by atoms with Crippen molar-refractivity contribution in [2.24, 2.45) is 0 Å². The number of amides is 2. The van der Waals surface area contributed by atoms with Gasteiger partial charge in [0.25, 0.3) is 0 Å². The van der Waals surface area contributed by atoms with Crippen LogP contribution >= 0.6 is 0 Å². The van der Waals surface area contributed by atoms with Crippen LogP contribution < -0.4 is 16.4 Å². The van der Waals surface area contributed by atoms with Gasteiger partial charge < -0.3 is 31.3 Å². The number of benzene rings is 1. The number of nitrogens with one attached hydrogen (secondary N) is 2. The highest BCUT2D eigenvalue weighted by Gasteiger charge is 2.45. The third-order valence-corrected chi connectivity index (χ3v) is 7.06. The van der Waals surface area contributed by atoms with E-state index in [1.54, 1.807) is 0 Å². The van der Waals surface area contributed by atoms with Crippen molar-refractivity contribution >= 4 is 28.6 Å². The summed E-state index contributed by atoms with van der Waals surface area (Å²) in [4.78, 5) is 22.7. The van der Waals surface area contributed by atoms with Crippen LogP contribution in [0.2, 0.25) is 0 Å². The second kappa shape index (κ2) is 11.8. The van der Waals surface area contributed by atoms with Crippen molar-refractivity contribution in [3.8, 4) is 0 Å². The summed E-state index contributed by atoms with van der Waals surface area (Å²) in [5, 5.41) is 32.1. The topological polar surface area (TPSA) is 164 Å². The van der Waals surface area contributed by atoms with Gasteiger partial charge in [-0.2, -0.15) is 5.10 Å². The molecule has 4 rings (SSSR count). The number of aliphatic hydroxyl groups excluding tert-OH is 2. The van der Waals surface area contributed by atoms with Gasteiger partial charge in [-0.3, -0.25) is 4.90 Å². The third-order valence-electron chi connectivity index (χ3n) is 7.06. The number of rotatable bonds is 9. The molecule has 3 heterocycles. The number of hydrogen-bond donors (Lipinski definition) is 5. The van der Waals surface area contributed by atoms with Gasteiger partial charge in [-0.1, -0.05) is 32.9 Å². The lowest BCUT2D eigenvalue weighted by Crippen LogP contribution is -2.44. The summed E-state index contributed by atoms with van der Waals surface area (Å²) < 4.78 is 7.51. The van der Waals surface area contributed by atoms with Gasteiger partial charge in [-0.15, -0.1) is 0 Å². The number of hydrogen-bond acceptors (Lipinski definition) is 9. The molecule has 0 aliphatic carbocycles. The Bertz CT molecular complexity index is 1260. The van der Waals surface area contributed by atoms with Gasteiger partial charge in [-0.05, 0) is 43.4 Å². The molecule has 0 spiro atoms. The van der Waals surface area contributed by atoms with Gasteiger partial charge in [0.2, 0.25) is 0 Å². The van der Waals surface area contributed by atoms with Crippen LogP contribution in [-0.2, 0) is 10.2 Å². The maximum atomic E-state index is 12.4. The fraction of sp³-hybridized carbons (Fsp3) is 0.556. The molecule has 1 aliphatic rings. The average Bonchev–Trinajstić information content (AvgIpc) is 3.42. The maximum absolute atomic E-state index is 12.4. The number of aromatic nitrogens is 4. The molecule has 12 nitrogen and oxygen atoms in total. The second-order valence-electron chi connectivity index (χ2n) is 11.3. The fourth-order valence-electron chi connectivity index (χ4n) is 4.65. The first-order valence-corrected chi connectivity index (χ1v) is 13.3. The molecule has 0 radical (unpaired) electrons. The van der Waals surface area contributed by atoms with Crippen molar-refractivity contribution in [1.82, 2.24) is 30.0 Å². The quantitative estimate of drug-likeness (QED) is 0.256. The molecule has 4 atom stereocenters. The van der Waals surface area contributed by atoms with E-state index in [2.05, 4.69) is 65.2 Å². The minimum Gasteiger partial charge on any atom is -0.387 e. The smallest absolute Gasteiger partial charge is 0.319 e. The van der Waals surface area contributed by atoms with E-state index in [4.69, 9.17) is 10.5 Å². The van der Waals surface area contributed by atoms with Crippen LogP contribution in [0.1, 0.15) is 52.8 Å². The standard InChI is InChI=1S/C27H40N8O4/c1-16(2)34(12-6-11-29-26(38)33-18-9-7-17(8-10-18)27(3,4)5)14-20-21(36)22(37)25(39-20)35-24-19(13-32-35)23(28)30-15-31-24/h7-10,13,15-16,20-22,25,36-37H,6,11-12,14H2,1-5H3,(H2,28,30,31)(H2,29,33,38)/t20-,21-,22?,25-/m1/s1. The number of aliphatic hydroxyl groups is 2. The number of carbonyl (C=O) groups excluding carboxylic acids is 1. The first-order valence-electron chi connectivity index (χ1n) is 13.3. The second-order valence-corrected chi connectivity index (χ2v) is 11.3. The molecule has 1 saturated heterocycles. The van der Waals surface area contributed by atoms with Gasteiger partial charge in [0, 0.05) is 31.4 Å². The van der Waals surface area contributed by atoms with Crippen LogP contribution in [0.3, 0.4) is 0 Å². The molecule has 3 aromatic rings. The van der Waals surface area contributed by atoms with E-state index < -0.39 is 24.5 Å². The molecular formula is C27H40N8O4. The lowest BCUT2D eigenvalue weighted by atomic mass is 9.87. The molecule has 0 saturated carbocycles.